The highest BCUT2D eigenvalue weighted by Crippen LogP contribution is 2.25. The van der Waals surface area contributed by atoms with Gasteiger partial charge < -0.3 is 10.1 Å². The van der Waals surface area contributed by atoms with Crippen molar-refractivity contribution >= 4 is 5.82 Å². The van der Waals surface area contributed by atoms with Crippen molar-refractivity contribution in [3.63, 3.8) is 0 Å². The molecule has 4 nitrogen and oxygen atoms in total. The zero-order valence-corrected chi connectivity index (χ0v) is 11.0. The Morgan fingerprint density at radius 3 is 3.16 bits per heavy atom. The first-order chi connectivity index (χ1) is 9.31. The third-order valence-electron chi connectivity index (χ3n) is 3.23. The number of fused-ring (bicyclic) bond motifs is 1. The van der Waals surface area contributed by atoms with Crippen LogP contribution in [0.2, 0.25) is 0 Å². The summed E-state index contributed by atoms with van der Waals surface area (Å²) >= 11 is 0. The number of aromatic nitrogens is 2. The van der Waals surface area contributed by atoms with Gasteiger partial charge in [-0.15, -0.1) is 0 Å². The first kappa shape index (κ1) is 12.0. The molecule has 2 aromatic rings. The van der Waals surface area contributed by atoms with Crippen LogP contribution in [-0.4, -0.2) is 23.1 Å². The molecule has 0 bridgehead atoms. The van der Waals surface area contributed by atoms with Crippen molar-refractivity contribution in [2.75, 3.05) is 18.5 Å². The number of rotatable bonds is 4. The van der Waals surface area contributed by atoms with Crippen molar-refractivity contribution in [3.05, 3.63) is 47.4 Å². The number of nitrogens with one attached hydrogen (secondary N) is 1. The fourth-order valence-corrected chi connectivity index (χ4v) is 2.28. The van der Waals surface area contributed by atoms with Gasteiger partial charge in [0.2, 0.25) is 0 Å². The van der Waals surface area contributed by atoms with Crippen LogP contribution in [0.1, 0.15) is 16.8 Å². The third-order valence-corrected chi connectivity index (χ3v) is 3.23. The predicted molar refractivity (Wildman–Crippen MR) is 74.6 cm³/mol. The van der Waals surface area contributed by atoms with E-state index in [0.717, 1.165) is 43.3 Å². The zero-order valence-electron chi connectivity index (χ0n) is 11.0. The molecule has 3 rings (SSSR count). The van der Waals surface area contributed by atoms with Gasteiger partial charge in [0.25, 0.3) is 0 Å². The molecule has 1 N–H and O–H groups in total. The van der Waals surface area contributed by atoms with E-state index < -0.39 is 0 Å². The van der Waals surface area contributed by atoms with Crippen LogP contribution in [0, 0.1) is 6.92 Å². The molecule has 0 radical (unpaired) electrons. The number of hydrogen-bond donors (Lipinski definition) is 1. The highest BCUT2D eigenvalue weighted by atomic mass is 16.5. The molecule has 0 fully saturated rings. The lowest BCUT2D eigenvalue weighted by Gasteiger charge is -2.07. The van der Waals surface area contributed by atoms with Gasteiger partial charge in [-0.2, -0.15) is 0 Å². The summed E-state index contributed by atoms with van der Waals surface area (Å²) in [6, 6.07) is 6.45. The Morgan fingerprint density at radius 1 is 1.32 bits per heavy atom. The van der Waals surface area contributed by atoms with Gasteiger partial charge in [-0.3, -0.25) is 4.98 Å². The van der Waals surface area contributed by atoms with E-state index in [9.17, 15) is 0 Å². The molecular formula is C15H17N3O. The molecule has 2 heterocycles. The maximum absolute atomic E-state index is 5.51. The SMILES string of the molecule is Cc1cncc(NCCc2ccc3c(c2)CCO3)n1. The Kier molecular flexibility index (Phi) is 3.31. The van der Waals surface area contributed by atoms with Gasteiger partial charge in [-0.25, -0.2) is 4.98 Å². The molecule has 0 saturated carbocycles. The lowest BCUT2D eigenvalue weighted by Crippen LogP contribution is -2.07. The van der Waals surface area contributed by atoms with Gasteiger partial charge in [0.15, 0.2) is 0 Å². The van der Waals surface area contributed by atoms with Crippen LogP contribution in [0.25, 0.3) is 0 Å². The lowest BCUT2D eigenvalue weighted by atomic mass is 10.1. The van der Waals surface area contributed by atoms with E-state index in [-0.39, 0.29) is 0 Å². The molecule has 0 amide bonds. The summed E-state index contributed by atoms with van der Waals surface area (Å²) in [4.78, 5) is 8.48. The number of benzene rings is 1. The molecule has 19 heavy (non-hydrogen) atoms. The Hall–Kier alpha value is -2.10. The van der Waals surface area contributed by atoms with Crippen LogP contribution >= 0.6 is 0 Å². The van der Waals surface area contributed by atoms with Gasteiger partial charge in [0.05, 0.1) is 18.5 Å². The quantitative estimate of drug-likeness (QED) is 0.911. The minimum Gasteiger partial charge on any atom is -0.493 e. The van der Waals surface area contributed by atoms with Crippen molar-refractivity contribution < 1.29 is 4.74 Å². The number of anilines is 1. The van der Waals surface area contributed by atoms with Gasteiger partial charge in [0, 0.05) is 19.2 Å². The fourth-order valence-electron chi connectivity index (χ4n) is 2.28. The number of hydrogen-bond acceptors (Lipinski definition) is 4. The van der Waals surface area contributed by atoms with Gasteiger partial charge >= 0.3 is 0 Å². The van der Waals surface area contributed by atoms with E-state index in [1.54, 1.807) is 12.4 Å². The summed E-state index contributed by atoms with van der Waals surface area (Å²) in [5.74, 6) is 1.88. The first-order valence-electron chi connectivity index (χ1n) is 6.58. The molecule has 0 spiro atoms. The molecule has 1 aromatic heterocycles. The third kappa shape index (κ3) is 2.84. The van der Waals surface area contributed by atoms with Crippen LogP contribution in [0.4, 0.5) is 5.82 Å². The second-order valence-electron chi connectivity index (χ2n) is 4.76. The van der Waals surface area contributed by atoms with Crippen molar-refractivity contribution in [1.82, 2.24) is 9.97 Å². The summed E-state index contributed by atoms with van der Waals surface area (Å²) in [6.45, 7) is 3.62. The van der Waals surface area contributed by atoms with E-state index in [0.29, 0.717) is 0 Å². The summed E-state index contributed by atoms with van der Waals surface area (Å²) in [7, 11) is 0. The molecule has 0 atom stereocenters. The molecule has 1 aliphatic rings. The highest BCUT2D eigenvalue weighted by Gasteiger charge is 2.11. The summed E-state index contributed by atoms with van der Waals surface area (Å²) in [6.07, 6.45) is 5.51. The van der Waals surface area contributed by atoms with Gasteiger partial charge in [-0.05, 0) is 30.5 Å². The standard InChI is InChI=1S/C15H17N3O/c1-11-9-16-10-15(18-11)17-6-4-12-2-3-14-13(8-12)5-7-19-14/h2-3,8-10H,4-7H2,1H3,(H,17,18). The van der Waals surface area contributed by atoms with Gasteiger partial charge in [-0.1, -0.05) is 12.1 Å². The van der Waals surface area contributed by atoms with Crippen LogP contribution < -0.4 is 10.1 Å². The molecular weight excluding hydrogens is 238 g/mol. The molecule has 0 saturated heterocycles. The zero-order chi connectivity index (χ0) is 13.1. The van der Waals surface area contributed by atoms with E-state index >= 15 is 0 Å². The molecule has 4 heteroatoms. The number of ether oxygens (including phenoxy) is 1. The predicted octanol–water partition coefficient (Wildman–Crippen LogP) is 2.37. The summed E-state index contributed by atoms with van der Waals surface area (Å²) < 4.78 is 5.51. The van der Waals surface area contributed by atoms with Crippen LogP contribution in [0.3, 0.4) is 0 Å². The Morgan fingerprint density at radius 2 is 2.26 bits per heavy atom. The first-order valence-corrected chi connectivity index (χ1v) is 6.58. The molecule has 0 unspecified atom stereocenters. The highest BCUT2D eigenvalue weighted by molar-refractivity contribution is 5.40. The average Bonchev–Trinajstić information content (AvgIpc) is 2.86. The maximum atomic E-state index is 5.51. The van der Waals surface area contributed by atoms with E-state index in [4.69, 9.17) is 4.74 Å². The summed E-state index contributed by atoms with van der Waals surface area (Å²) in [5, 5.41) is 3.30. The fraction of sp³-hybridized carbons (Fsp3) is 0.333. The van der Waals surface area contributed by atoms with Crippen LogP contribution in [0.5, 0.6) is 5.75 Å². The van der Waals surface area contributed by atoms with Crippen LogP contribution in [0.15, 0.2) is 30.6 Å². The molecule has 0 aliphatic carbocycles. The van der Waals surface area contributed by atoms with Crippen molar-refractivity contribution in [2.24, 2.45) is 0 Å². The maximum Gasteiger partial charge on any atom is 0.144 e. The largest absolute Gasteiger partial charge is 0.493 e. The van der Waals surface area contributed by atoms with Crippen molar-refractivity contribution in [1.29, 1.82) is 0 Å². The van der Waals surface area contributed by atoms with Gasteiger partial charge in [0.1, 0.15) is 11.6 Å². The normalized spacial score (nSPS) is 12.9. The minimum atomic E-state index is 0.815. The minimum absolute atomic E-state index is 0.815. The number of aryl methyl sites for hydroxylation is 1. The molecule has 98 valence electrons. The van der Waals surface area contributed by atoms with Crippen molar-refractivity contribution in [2.45, 2.75) is 19.8 Å². The number of nitrogens with zero attached hydrogens (tertiary/aromatic N) is 2. The second-order valence-corrected chi connectivity index (χ2v) is 4.76. The summed E-state index contributed by atoms with van der Waals surface area (Å²) in [5.41, 5.74) is 3.59. The van der Waals surface area contributed by atoms with E-state index in [1.165, 1.54) is 11.1 Å². The Bertz CT molecular complexity index is 583. The average molecular weight is 255 g/mol. The second kappa shape index (κ2) is 5.26. The Balaban J connectivity index is 1.58. The lowest BCUT2D eigenvalue weighted by molar-refractivity contribution is 0.357. The van der Waals surface area contributed by atoms with E-state index in [1.807, 2.05) is 6.92 Å². The Labute approximate surface area is 112 Å². The molecule has 1 aromatic carbocycles. The monoisotopic (exact) mass is 255 g/mol. The van der Waals surface area contributed by atoms with Crippen molar-refractivity contribution in [3.8, 4) is 5.75 Å². The van der Waals surface area contributed by atoms with Crippen LogP contribution in [-0.2, 0) is 12.8 Å². The molecule has 1 aliphatic heterocycles. The smallest absolute Gasteiger partial charge is 0.144 e. The topological polar surface area (TPSA) is 47.0 Å². The van der Waals surface area contributed by atoms with E-state index in [2.05, 4.69) is 33.5 Å².